The molecule has 0 aromatic heterocycles. The predicted molar refractivity (Wildman–Crippen MR) is 48.5 cm³/mol. The van der Waals surface area contributed by atoms with Crippen molar-refractivity contribution in [2.75, 3.05) is 0 Å². The third-order valence-corrected chi connectivity index (χ3v) is 1.94. The largest absolute Gasteiger partial charge is 0.295 e. The van der Waals surface area contributed by atoms with Gasteiger partial charge in [0.1, 0.15) is 0 Å². The zero-order valence-electron chi connectivity index (χ0n) is 7.98. The first-order valence-corrected chi connectivity index (χ1v) is 4.33. The minimum Gasteiger partial charge on any atom is -0.295 e. The first-order chi connectivity index (χ1) is 5.11. The van der Waals surface area contributed by atoms with Gasteiger partial charge in [0.05, 0.1) is 0 Å². The van der Waals surface area contributed by atoms with Gasteiger partial charge in [0, 0.05) is 6.42 Å². The Hall–Kier alpha value is -0.590. The third-order valence-electron chi connectivity index (χ3n) is 1.94. The monoisotopic (exact) mass is 154 g/mol. The molecular weight excluding hydrogens is 136 g/mol. The van der Waals surface area contributed by atoms with Crippen molar-refractivity contribution in [2.24, 2.45) is 5.92 Å². The number of carbonyl (C=O) groups is 1. The summed E-state index contributed by atoms with van der Waals surface area (Å²) in [4.78, 5) is 11.1. The standard InChI is InChI=1S/C10H18O/c1-5-8(3)7-9(4)10(11)6-2/h7-8H,5-6H2,1-4H3. The van der Waals surface area contributed by atoms with Crippen LogP contribution in [0.2, 0.25) is 0 Å². The molecule has 0 aliphatic rings. The fraction of sp³-hybridized carbons (Fsp3) is 0.700. The van der Waals surface area contributed by atoms with E-state index in [0.717, 1.165) is 12.0 Å². The van der Waals surface area contributed by atoms with Crippen LogP contribution in [0.25, 0.3) is 0 Å². The maximum absolute atomic E-state index is 11.1. The van der Waals surface area contributed by atoms with Gasteiger partial charge in [0.15, 0.2) is 5.78 Å². The molecule has 0 saturated carbocycles. The Kier molecular flexibility index (Phi) is 4.84. The number of Topliss-reactive ketones (excluding diaryl/α,β-unsaturated/α-hetero) is 1. The third kappa shape index (κ3) is 3.97. The summed E-state index contributed by atoms with van der Waals surface area (Å²) in [5.41, 5.74) is 0.918. The topological polar surface area (TPSA) is 17.1 Å². The number of allylic oxidation sites excluding steroid dienone is 2. The normalized spacial score (nSPS) is 14.7. The summed E-state index contributed by atoms with van der Waals surface area (Å²) in [6, 6.07) is 0. The van der Waals surface area contributed by atoms with Crippen LogP contribution in [-0.4, -0.2) is 5.78 Å². The minimum absolute atomic E-state index is 0.269. The summed E-state index contributed by atoms with van der Waals surface area (Å²) in [6.07, 6.45) is 3.79. The van der Waals surface area contributed by atoms with Crippen molar-refractivity contribution in [3.63, 3.8) is 0 Å². The van der Waals surface area contributed by atoms with E-state index in [2.05, 4.69) is 19.9 Å². The molecule has 0 aliphatic heterocycles. The molecule has 0 saturated heterocycles. The number of rotatable bonds is 4. The van der Waals surface area contributed by atoms with Gasteiger partial charge in [0.25, 0.3) is 0 Å². The lowest BCUT2D eigenvalue weighted by molar-refractivity contribution is -0.115. The molecule has 0 radical (unpaired) electrons. The lowest BCUT2D eigenvalue weighted by Crippen LogP contribution is -1.99. The smallest absolute Gasteiger partial charge is 0.157 e. The van der Waals surface area contributed by atoms with Gasteiger partial charge in [-0.15, -0.1) is 0 Å². The highest BCUT2D eigenvalue weighted by Crippen LogP contribution is 2.08. The molecule has 1 atom stereocenters. The SMILES string of the molecule is CCC(=O)C(C)=CC(C)CC. The highest BCUT2D eigenvalue weighted by atomic mass is 16.1. The molecule has 11 heavy (non-hydrogen) atoms. The van der Waals surface area contributed by atoms with Crippen molar-refractivity contribution < 1.29 is 4.79 Å². The molecule has 0 aromatic carbocycles. The van der Waals surface area contributed by atoms with Gasteiger partial charge in [-0.1, -0.05) is 33.3 Å². The van der Waals surface area contributed by atoms with E-state index >= 15 is 0 Å². The molecule has 0 aromatic rings. The lowest BCUT2D eigenvalue weighted by atomic mass is 10.0. The van der Waals surface area contributed by atoms with Gasteiger partial charge in [-0.3, -0.25) is 4.79 Å². The van der Waals surface area contributed by atoms with Crippen LogP contribution in [0.5, 0.6) is 0 Å². The highest BCUT2D eigenvalue weighted by molar-refractivity contribution is 5.94. The second-order valence-corrected chi connectivity index (χ2v) is 3.01. The van der Waals surface area contributed by atoms with Gasteiger partial charge < -0.3 is 0 Å². The Morgan fingerprint density at radius 3 is 2.36 bits per heavy atom. The van der Waals surface area contributed by atoms with E-state index in [9.17, 15) is 4.79 Å². The summed E-state index contributed by atoms with van der Waals surface area (Å²) in [5, 5.41) is 0. The quantitative estimate of drug-likeness (QED) is 0.569. The maximum atomic E-state index is 11.1. The first kappa shape index (κ1) is 10.4. The van der Waals surface area contributed by atoms with Crippen molar-refractivity contribution in [1.82, 2.24) is 0 Å². The molecule has 0 fully saturated rings. The lowest BCUT2D eigenvalue weighted by Gasteiger charge is -2.02. The van der Waals surface area contributed by atoms with Crippen molar-refractivity contribution in [3.05, 3.63) is 11.6 Å². The van der Waals surface area contributed by atoms with Gasteiger partial charge in [-0.05, 0) is 18.4 Å². The molecule has 1 heteroatoms. The zero-order valence-corrected chi connectivity index (χ0v) is 7.98. The summed E-state index contributed by atoms with van der Waals surface area (Å²) < 4.78 is 0. The molecule has 0 aliphatic carbocycles. The van der Waals surface area contributed by atoms with E-state index in [1.807, 2.05) is 13.8 Å². The van der Waals surface area contributed by atoms with Crippen LogP contribution < -0.4 is 0 Å². The Morgan fingerprint density at radius 1 is 1.45 bits per heavy atom. The van der Waals surface area contributed by atoms with E-state index in [4.69, 9.17) is 0 Å². The maximum Gasteiger partial charge on any atom is 0.157 e. The van der Waals surface area contributed by atoms with Gasteiger partial charge >= 0.3 is 0 Å². The number of hydrogen-bond donors (Lipinski definition) is 0. The Morgan fingerprint density at radius 2 is 2.00 bits per heavy atom. The predicted octanol–water partition coefficient (Wildman–Crippen LogP) is 2.96. The summed E-state index contributed by atoms with van der Waals surface area (Å²) >= 11 is 0. The van der Waals surface area contributed by atoms with Crippen LogP contribution in [-0.2, 0) is 4.79 Å². The minimum atomic E-state index is 0.269. The molecule has 64 valence electrons. The Balaban J connectivity index is 4.09. The fourth-order valence-corrected chi connectivity index (χ4v) is 0.916. The van der Waals surface area contributed by atoms with Crippen molar-refractivity contribution in [2.45, 2.75) is 40.5 Å². The van der Waals surface area contributed by atoms with E-state index < -0.39 is 0 Å². The van der Waals surface area contributed by atoms with E-state index in [1.165, 1.54) is 0 Å². The zero-order chi connectivity index (χ0) is 8.85. The van der Waals surface area contributed by atoms with Crippen LogP contribution in [0.4, 0.5) is 0 Å². The highest BCUT2D eigenvalue weighted by Gasteiger charge is 2.01. The van der Waals surface area contributed by atoms with Crippen LogP contribution in [0, 0.1) is 5.92 Å². The van der Waals surface area contributed by atoms with Crippen LogP contribution in [0.1, 0.15) is 40.5 Å². The number of hydrogen-bond acceptors (Lipinski definition) is 1. The number of carbonyl (C=O) groups excluding carboxylic acids is 1. The molecule has 0 N–H and O–H groups in total. The fourth-order valence-electron chi connectivity index (χ4n) is 0.916. The summed E-state index contributed by atoms with van der Waals surface area (Å²) in [6.45, 7) is 8.06. The molecule has 0 heterocycles. The van der Waals surface area contributed by atoms with E-state index in [-0.39, 0.29) is 5.78 Å². The molecule has 0 spiro atoms. The number of ketones is 1. The molecule has 1 nitrogen and oxygen atoms in total. The second-order valence-electron chi connectivity index (χ2n) is 3.01. The Labute approximate surface area is 69.5 Å². The first-order valence-electron chi connectivity index (χ1n) is 4.33. The molecule has 0 amide bonds. The van der Waals surface area contributed by atoms with E-state index in [1.54, 1.807) is 0 Å². The van der Waals surface area contributed by atoms with Crippen molar-refractivity contribution in [3.8, 4) is 0 Å². The summed E-state index contributed by atoms with van der Waals surface area (Å²) in [5.74, 6) is 0.802. The van der Waals surface area contributed by atoms with Crippen molar-refractivity contribution in [1.29, 1.82) is 0 Å². The average Bonchev–Trinajstić information content (AvgIpc) is 2.02. The van der Waals surface area contributed by atoms with Gasteiger partial charge in [-0.2, -0.15) is 0 Å². The Bertz CT molecular complexity index is 156. The molecular formula is C10H18O. The van der Waals surface area contributed by atoms with Gasteiger partial charge in [-0.25, -0.2) is 0 Å². The van der Waals surface area contributed by atoms with Crippen LogP contribution in [0.3, 0.4) is 0 Å². The average molecular weight is 154 g/mol. The summed E-state index contributed by atoms with van der Waals surface area (Å²) in [7, 11) is 0. The van der Waals surface area contributed by atoms with Crippen LogP contribution in [0.15, 0.2) is 11.6 Å². The molecule has 1 unspecified atom stereocenters. The van der Waals surface area contributed by atoms with Crippen LogP contribution >= 0.6 is 0 Å². The second kappa shape index (κ2) is 5.11. The molecule has 0 rings (SSSR count). The molecule has 0 bridgehead atoms. The van der Waals surface area contributed by atoms with E-state index in [0.29, 0.717) is 12.3 Å². The van der Waals surface area contributed by atoms with Gasteiger partial charge in [0.2, 0.25) is 0 Å². The van der Waals surface area contributed by atoms with Crippen molar-refractivity contribution >= 4 is 5.78 Å².